The highest BCUT2D eigenvalue weighted by Crippen LogP contribution is 2.36. The lowest BCUT2D eigenvalue weighted by molar-refractivity contribution is 0.608. The van der Waals surface area contributed by atoms with E-state index >= 15 is 0 Å². The number of para-hydroxylation sites is 1. The molecular weight excluding hydrogens is 249 g/mol. The lowest BCUT2D eigenvalue weighted by Crippen LogP contribution is -2.02. The smallest absolute Gasteiger partial charge is 0.123 e. The first kappa shape index (κ1) is 12.9. The van der Waals surface area contributed by atoms with Crippen LogP contribution < -0.4 is 0 Å². The van der Waals surface area contributed by atoms with E-state index in [-0.39, 0.29) is 5.82 Å². The van der Waals surface area contributed by atoms with E-state index in [9.17, 15) is 4.39 Å². The summed E-state index contributed by atoms with van der Waals surface area (Å²) in [7, 11) is 0. The van der Waals surface area contributed by atoms with Crippen molar-refractivity contribution in [1.29, 1.82) is 0 Å². The summed E-state index contributed by atoms with van der Waals surface area (Å²) in [6.07, 6.45) is 0. The number of fused-ring (bicyclic) bond motifs is 1. The number of halogens is 1. The van der Waals surface area contributed by atoms with Gasteiger partial charge in [-0.25, -0.2) is 4.39 Å². The summed E-state index contributed by atoms with van der Waals surface area (Å²) >= 11 is 0. The van der Waals surface area contributed by atoms with E-state index < -0.39 is 0 Å². The van der Waals surface area contributed by atoms with Gasteiger partial charge in [0.05, 0.1) is 0 Å². The average Bonchev–Trinajstić information content (AvgIpc) is 2.72. The molecule has 0 atom stereocenters. The predicted octanol–water partition coefficient (Wildman–Crippen LogP) is 5.34. The first-order valence-electron chi connectivity index (χ1n) is 6.95. The second-order valence-electron chi connectivity index (χ2n) is 5.45. The first-order valence-corrected chi connectivity index (χ1v) is 6.95. The highest BCUT2D eigenvalue weighted by atomic mass is 19.1. The number of benzene rings is 2. The van der Waals surface area contributed by atoms with Crippen LogP contribution in [0.25, 0.3) is 22.0 Å². The van der Waals surface area contributed by atoms with E-state index in [0.717, 1.165) is 5.56 Å². The molecule has 0 saturated heterocycles. The maximum Gasteiger partial charge on any atom is 0.123 e. The van der Waals surface area contributed by atoms with Crippen LogP contribution in [0.4, 0.5) is 4.39 Å². The maximum atomic E-state index is 13.1. The number of hydrogen-bond donors (Lipinski definition) is 0. The number of aromatic nitrogens is 1. The summed E-state index contributed by atoms with van der Waals surface area (Å²) in [6.45, 7) is 6.51. The molecule has 0 aliphatic carbocycles. The van der Waals surface area contributed by atoms with Gasteiger partial charge in [-0.2, -0.15) is 0 Å². The van der Waals surface area contributed by atoms with Crippen LogP contribution in [0.15, 0.2) is 48.5 Å². The topological polar surface area (TPSA) is 4.93 Å². The van der Waals surface area contributed by atoms with Crippen molar-refractivity contribution < 1.29 is 4.39 Å². The number of rotatable bonds is 2. The minimum Gasteiger partial charge on any atom is -0.342 e. The third kappa shape index (κ3) is 1.92. The van der Waals surface area contributed by atoms with Crippen molar-refractivity contribution in [3.8, 4) is 11.1 Å². The van der Waals surface area contributed by atoms with Gasteiger partial charge in [-0.3, -0.25) is 0 Å². The molecule has 1 nitrogen and oxygen atoms in total. The van der Waals surface area contributed by atoms with E-state index in [1.807, 2.05) is 12.1 Å². The molecule has 0 N–H and O–H groups in total. The summed E-state index contributed by atoms with van der Waals surface area (Å²) in [5.41, 5.74) is 4.74. The molecule has 1 heterocycles. The van der Waals surface area contributed by atoms with E-state index in [2.05, 4.69) is 49.6 Å². The molecule has 0 aliphatic rings. The zero-order valence-corrected chi connectivity index (χ0v) is 12.0. The Morgan fingerprint density at radius 2 is 1.60 bits per heavy atom. The molecule has 2 heteroatoms. The van der Waals surface area contributed by atoms with Crippen molar-refractivity contribution in [2.24, 2.45) is 0 Å². The lowest BCUT2D eigenvalue weighted by atomic mass is 10.0. The monoisotopic (exact) mass is 267 g/mol. The summed E-state index contributed by atoms with van der Waals surface area (Å²) in [4.78, 5) is 0. The summed E-state index contributed by atoms with van der Waals surface area (Å²) in [6, 6.07) is 15.6. The molecule has 2 aromatic carbocycles. The molecule has 3 rings (SSSR count). The van der Waals surface area contributed by atoms with Crippen molar-refractivity contribution >= 4 is 10.9 Å². The molecule has 0 bridgehead atoms. The number of nitrogens with zero attached hydrogens (tertiary/aromatic N) is 1. The van der Waals surface area contributed by atoms with Crippen LogP contribution in [0.5, 0.6) is 0 Å². The molecule has 0 fully saturated rings. The van der Waals surface area contributed by atoms with Crippen LogP contribution in [-0.4, -0.2) is 4.57 Å². The van der Waals surface area contributed by atoms with Crippen LogP contribution in [-0.2, 0) is 0 Å². The van der Waals surface area contributed by atoms with Crippen LogP contribution in [0.2, 0.25) is 0 Å². The van der Waals surface area contributed by atoms with Gasteiger partial charge in [-0.05, 0) is 44.5 Å². The Labute approximate surface area is 118 Å². The van der Waals surface area contributed by atoms with Gasteiger partial charge in [0.25, 0.3) is 0 Å². The van der Waals surface area contributed by atoms with Gasteiger partial charge in [0.15, 0.2) is 0 Å². The first-order chi connectivity index (χ1) is 9.59. The highest BCUT2D eigenvalue weighted by Gasteiger charge is 2.16. The molecule has 102 valence electrons. The molecule has 0 spiro atoms. The van der Waals surface area contributed by atoms with Crippen molar-refractivity contribution in [3.05, 3.63) is 60.0 Å². The Kier molecular flexibility index (Phi) is 3.09. The molecule has 0 radical (unpaired) electrons. The van der Waals surface area contributed by atoms with E-state index in [4.69, 9.17) is 0 Å². The maximum absolute atomic E-state index is 13.1. The van der Waals surface area contributed by atoms with Gasteiger partial charge in [-0.1, -0.05) is 30.3 Å². The molecule has 0 saturated carbocycles. The summed E-state index contributed by atoms with van der Waals surface area (Å²) in [5.74, 6) is -0.195. The van der Waals surface area contributed by atoms with Gasteiger partial charge in [0.2, 0.25) is 0 Å². The minimum absolute atomic E-state index is 0.195. The van der Waals surface area contributed by atoms with Crippen LogP contribution in [0.3, 0.4) is 0 Å². The predicted molar refractivity (Wildman–Crippen MR) is 82.5 cm³/mol. The molecule has 1 aromatic heterocycles. The Morgan fingerprint density at radius 1 is 0.950 bits per heavy atom. The molecule has 0 amide bonds. The normalized spacial score (nSPS) is 11.4. The second kappa shape index (κ2) is 4.78. The van der Waals surface area contributed by atoms with Gasteiger partial charge in [0.1, 0.15) is 5.82 Å². The summed E-state index contributed by atoms with van der Waals surface area (Å²) in [5, 5.41) is 1.23. The Morgan fingerprint density at radius 3 is 2.25 bits per heavy atom. The van der Waals surface area contributed by atoms with Gasteiger partial charge >= 0.3 is 0 Å². The third-order valence-electron chi connectivity index (χ3n) is 3.81. The average molecular weight is 267 g/mol. The van der Waals surface area contributed by atoms with Crippen molar-refractivity contribution in [2.75, 3.05) is 0 Å². The lowest BCUT2D eigenvalue weighted by Gasteiger charge is -2.12. The van der Waals surface area contributed by atoms with Crippen molar-refractivity contribution in [2.45, 2.75) is 26.8 Å². The van der Waals surface area contributed by atoms with E-state index in [0.29, 0.717) is 6.04 Å². The quantitative estimate of drug-likeness (QED) is 0.591. The van der Waals surface area contributed by atoms with E-state index in [1.54, 1.807) is 0 Å². The summed E-state index contributed by atoms with van der Waals surface area (Å²) < 4.78 is 15.5. The van der Waals surface area contributed by atoms with Crippen LogP contribution in [0, 0.1) is 12.7 Å². The zero-order chi connectivity index (χ0) is 14.3. The van der Waals surface area contributed by atoms with Gasteiger partial charge in [0, 0.05) is 28.2 Å². The SMILES string of the molecule is Cc1c(-c2ccc(F)cc2)c2ccccc2n1C(C)C. The molecular formula is C18H18FN. The fourth-order valence-electron chi connectivity index (χ4n) is 3.04. The van der Waals surface area contributed by atoms with Crippen molar-refractivity contribution in [3.63, 3.8) is 0 Å². The third-order valence-corrected chi connectivity index (χ3v) is 3.81. The zero-order valence-electron chi connectivity index (χ0n) is 12.0. The van der Waals surface area contributed by atoms with Crippen LogP contribution >= 0.6 is 0 Å². The fourth-order valence-corrected chi connectivity index (χ4v) is 3.04. The Balaban J connectivity index is 2.35. The second-order valence-corrected chi connectivity index (χ2v) is 5.45. The minimum atomic E-state index is -0.195. The largest absolute Gasteiger partial charge is 0.342 e. The van der Waals surface area contributed by atoms with Crippen LogP contribution in [0.1, 0.15) is 25.6 Å². The molecule has 3 aromatic rings. The Hall–Kier alpha value is -2.09. The van der Waals surface area contributed by atoms with Gasteiger partial charge < -0.3 is 4.57 Å². The molecule has 20 heavy (non-hydrogen) atoms. The number of hydrogen-bond acceptors (Lipinski definition) is 0. The molecule has 0 aliphatic heterocycles. The Bertz CT molecular complexity index is 751. The highest BCUT2D eigenvalue weighted by molar-refractivity contribution is 5.98. The fraction of sp³-hybridized carbons (Fsp3) is 0.222. The van der Waals surface area contributed by atoms with Gasteiger partial charge in [-0.15, -0.1) is 0 Å². The van der Waals surface area contributed by atoms with E-state index in [1.165, 1.54) is 34.3 Å². The molecule has 0 unspecified atom stereocenters. The standard InChI is InChI=1S/C18H18FN/c1-12(2)20-13(3)18(14-8-10-15(19)11-9-14)16-6-4-5-7-17(16)20/h4-12H,1-3H3. The van der Waals surface area contributed by atoms with Crippen molar-refractivity contribution in [1.82, 2.24) is 4.57 Å².